The second kappa shape index (κ2) is 12.1. The van der Waals surface area contributed by atoms with E-state index in [1.807, 2.05) is 30.3 Å². The molecule has 11 rings (SSSR count). The Morgan fingerprint density at radius 2 is 0.796 bits per heavy atom. The highest BCUT2D eigenvalue weighted by atomic mass is 16.3. The molecule has 0 radical (unpaired) electrons. The highest BCUT2D eigenvalue weighted by Gasteiger charge is 2.17. The summed E-state index contributed by atoms with van der Waals surface area (Å²) in [6.07, 6.45) is 0. The van der Waals surface area contributed by atoms with Crippen LogP contribution in [0.25, 0.3) is 111 Å². The number of hydrogen-bond acceptors (Lipinski definition) is 4. The lowest BCUT2D eigenvalue weighted by atomic mass is 9.93. The molecule has 0 unspecified atom stereocenters. The first kappa shape index (κ1) is 30.3. The molecule has 4 heteroatoms. The summed E-state index contributed by atoms with van der Waals surface area (Å²) in [6.45, 7) is 0. The number of benzene rings is 8. The summed E-state index contributed by atoms with van der Waals surface area (Å²) in [5.74, 6) is 0.688. The normalized spacial score (nSPS) is 11.7. The Morgan fingerprint density at radius 3 is 1.44 bits per heavy atom. The minimum atomic E-state index is 0.688. The van der Waals surface area contributed by atoms with Crippen molar-refractivity contribution in [2.45, 2.75) is 0 Å². The van der Waals surface area contributed by atoms with Gasteiger partial charge in [0.2, 0.25) is 0 Å². The highest BCUT2D eigenvalue weighted by molar-refractivity contribution is 6.08. The lowest BCUT2D eigenvalue weighted by molar-refractivity contribution is 0.668. The molecule has 0 bridgehead atoms. The molecule has 4 nitrogen and oxygen atoms in total. The van der Waals surface area contributed by atoms with Gasteiger partial charge in [-0.3, -0.25) is 0 Å². The van der Waals surface area contributed by atoms with E-state index in [2.05, 4.69) is 152 Å². The molecule has 0 saturated carbocycles. The summed E-state index contributed by atoms with van der Waals surface area (Å²) in [4.78, 5) is 10.5. The Hall–Kier alpha value is -7.30. The monoisotopic (exact) mass is 690 g/mol. The lowest BCUT2D eigenvalue weighted by Gasteiger charge is -2.14. The summed E-state index contributed by atoms with van der Waals surface area (Å²) in [7, 11) is 0. The molecule has 3 heterocycles. The summed E-state index contributed by atoms with van der Waals surface area (Å²) < 4.78 is 12.4. The number of nitrogens with zero attached hydrogens (tertiary/aromatic N) is 2. The van der Waals surface area contributed by atoms with Crippen molar-refractivity contribution in [2.75, 3.05) is 0 Å². The van der Waals surface area contributed by atoms with Gasteiger partial charge in [-0.15, -0.1) is 0 Å². The van der Waals surface area contributed by atoms with Crippen molar-refractivity contribution >= 4 is 54.6 Å². The van der Waals surface area contributed by atoms with Crippen molar-refractivity contribution in [1.29, 1.82) is 0 Å². The molecule has 54 heavy (non-hydrogen) atoms. The van der Waals surface area contributed by atoms with Crippen LogP contribution in [0.5, 0.6) is 0 Å². The van der Waals surface area contributed by atoms with E-state index >= 15 is 0 Å². The van der Waals surface area contributed by atoms with Crippen LogP contribution in [0.15, 0.2) is 191 Å². The fraction of sp³-hybridized carbons (Fsp3) is 0. The van der Waals surface area contributed by atoms with Crippen LogP contribution < -0.4 is 0 Å². The highest BCUT2D eigenvalue weighted by Crippen LogP contribution is 2.39. The van der Waals surface area contributed by atoms with E-state index < -0.39 is 0 Å². The third-order valence-corrected chi connectivity index (χ3v) is 10.5. The van der Waals surface area contributed by atoms with Crippen LogP contribution in [-0.2, 0) is 0 Å². The summed E-state index contributed by atoms with van der Waals surface area (Å²) in [5, 5.41) is 6.66. The molecule has 0 fully saturated rings. The van der Waals surface area contributed by atoms with Gasteiger partial charge in [0, 0.05) is 38.2 Å². The first-order chi connectivity index (χ1) is 26.7. The van der Waals surface area contributed by atoms with Gasteiger partial charge in [0.05, 0.1) is 11.4 Å². The van der Waals surface area contributed by atoms with Crippen molar-refractivity contribution in [2.24, 2.45) is 0 Å². The van der Waals surface area contributed by atoms with Gasteiger partial charge in [-0.1, -0.05) is 121 Å². The van der Waals surface area contributed by atoms with Gasteiger partial charge in [0.1, 0.15) is 22.3 Å². The van der Waals surface area contributed by atoms with E-state index in [4.69, 9.17) is 18.8 Å². The molecule has 0 aliphatic carbocycles. The van der Waals surface area contributed by atoms with Gasteiger partial charge in [-0.2, -0.15) is 0 Å². The summed E-state index contributed by atoms with van der Waals surface area (Å²) in [6, 6.07) is 63.4. The van der Waals surface area contributed by atoms with Crippen LogP contribution in [0.2, 0.25) is 0 Å². The van der Waals surface area contributed by atoms with E-state index in [1.54, 1.807) is 0 Å². The van der Waals surface area contributed by atoms with Crippen LogP contribution in [0.1, 0.15) is 0 Å². The molecule has 252 valence electrons. The maximum absolute atomic E-state index is 6.21. The van der Waals surface area contributed by atoms with Gasteiger partial charge in [-0.05, 0) is 93.7 Å². The maximum Gasteiger partial charge on any atom is 0.161 e. The number of hydrogen-bond donors (Lipinski definition) is 0. The van der Waals surface area contributed by atoms with Gasteiger partial charge in [0.15, 0.2) is 5.82 Å². The molecule has 11 aromatic rings. The topological polar surface area (TPSA) is 52.1 Å². The van der Waals surface area contributed by atoms with E-state index in [0.29, 0.717) is 5.82 Å². The van der Waals surface area contributed by atoms with Crippen molar-refractivity contribution in [3.8, 4) is 56.2 Å². The molecule has 0 aliphatic rings. The number of para-hydroxylation sites is 2. The third-order valence-electron chi connectivity index (χ3n) is 10.5. The molecule has 8 aromatic carbocycles. The minimum absolute atomic E-state index is 0.688. The first-order valence-corrected chi connectivity index (χ1v) is 18.1. The van der Waals surface area contributed by atoms with Crippen LogP contribution >= 0.6 is 0 Å². The van der Waals surface area contributed by atoms with Crippen LogP contribution in [0.4, 0.5) is 0 Å². The van der Waals surface area contributed by atoms with E-state index in [1.165, 1.54) is 0 Å². The average molecular weight is 691 g/mol. The Balaban J connectivity index is 1.16. The van der Waals surface area contributed by atoms with Gasteiger partial charge in [-0.25, -0.2) is 9.97 Å². The molecule has 0 spiro atoms. The van der Waals surface area contributed by atoms with E-state index in [9.17, 15) is 0 Å². The van der Waals surface area contributed by atoms with Gasteiger partial charge < -0.3 is 8.83 Å². The molecule has 0 N–H and O–H groups in total. The largest absolute Gasteiger partial charge is 0.456 e. The molecule has 0 atom stereocenters. The zero-order valence-electron chi connectivity index (χ0n) is 29.0. The molecule has 3 aromatic heterocycles. The number of rotatable bonds is 5. The predicted octanol–water partition coefficient (Wildman–Crippen LogP) is 13.8. The summed E-state index contributed by atoms with van der Waals surface area (Å²) >= 11 is 0. The summed E-state index contributed by atoms with van der Waals surface area (Å²) in [5.41, 5.74) is 12.6. The zero-order valence-corrected chi connectivity index (χ0v) is 29.0. The second-order valence-electron chi connectivity index (χ2n) is 13.8. The first-order valence-electron chi connectivity index (χ1n) is 18.1. The van der Waals surface area contributed by atoms with E-state index in [-0.39, 0.29) is 0 Å². The number of furan rings is 2. The van der Waals surface area contributed by atoms with E-state index in [0.717, 1.165) is 105 Å². The molecular weight excluding hydrogens is 661 g/mol. The molecule has 0 amide bonds. The standard InChI is InChI=1S/C50H30N2O2/c1-2-12-32(13-3-1)44-30-45(52-50(51-44)41-18-10-14-31-11-4-5-15-38(31)41)37-26-35(33-21-23-48-42(28-33)39-16-6-8-19-46(39)53-48)25-36(27-37)34-22-24-49-43(29-34)40-17-7-9-20-47(40)54-49/h1-30H. The van der Waals surface area contributed by atoms with Crippen molar-refractivity contribution in [1.82, 2.24) is 9.97 Å². The smallest absolute Gasteiger partial charge is 0.161 e. The van der Waals surface area contributed by atoms with Gasteiger partial charge in [0.25, 0.3) is 0 Å². The number of fused-ring (bicyclic) bond motifs is 7. The second-order valence-corrected chi connectivity index (χ2v) is 13.8. The fourth-order valence-electron chi connectivity index (χ4n) is 7.81. The van der Waals surface area contributed by atoms with Crippen molar-refractivity contribution in [3.63, 3.8) is 0 Å². The Bertz CT molecular complexity index is 3090. The SMILES string of the molecule is c1ccc(-c2cc(-c3cc(-c4ccc5oc6ccccc6c5c4)cc(-c4ccc5oc6ccccc6c5c4)c3)nc(-c3cccc4ccccc34)n2)cc1. The Labute approximate surface area is 310 Å². The zero-order chi connectivity index (χ0) is 35.6. The minimum Gasteiger partial charge on any atom is -0.456 e. The number of aromatic nitrogens is 2. The quantitative estimate of drug-likeness (QED) is 0.180. The third kappa shape index (κ3) is 5.07. The predicted molar refractivity (Wildman–Crippen MR) is 221 cm³/mol. The molecule has 0 aliphatic heterocycles. The Morgan fingerprint density at radius 1 is 0.296 bits per heavy atom. The molecular formula is C50H30N2O2. The van der Waals surface area contributed by atoms with Crippen LogP contribution in [0, 0.1) is 0 Å². The maximum atomic E-state index is 6.21. The lowest BCUT2D eigenvalue weighted by Crippen LogP contribution is -1.97. The molecule has 0 saturated heterocycles. The average Bonchev–Trinajstić information content (AvgIpc) is 3.81. The fourth-order valence-corrected chi connectivity index (χ4v) is 7.81. The Kier molecular flexibility index (Phi) is 6.82. The van der Waals surface area contributed by atoms with Crippen LogP contribution in [0.3, 0.4) is 0 Å². The van der Waals surface area contributed by atoms with Crippen molar-refractivity contribution in [3.05, 3.63) is 182 Å². The van der Waals surface area contributed by atoms with Crippen molar-refractivity contribution < 1.29 is 8.83 Å². The van der Waals surface area contributed by atoms with Crippen LogP contribution in [-0.4, -0.2) is 9.97 Å². The van der Waals surface area contributed by atoms with Gasteiger partial charge >= 0.3 is 0 Å².